The third-order valence-electron chi connectivity index (χ3n) is 4.56. The summed E-state index contributed by atoms with van der Waals surface area (Å²) in [6.07, 6.45) is 3.94. The van der Waals surface area contributed by atoms with Gasteiger partial charge in [0.15, 0.2) is 0 Å². The van der Waals surface area contributed by atoms with Gasteiger partial charge in [-0.2, -0.15) is 0 Å². The fourth-order valence-electron chi connectivity index (χ4n) is 3.32. The van der Waals surface area contributed by atoms with Crippen LogP contribution in [-0.2, 0) is 6.42 Å². The van der Waals surface area contributed by atoms with Crippen LogP contribution in [0, 0.1) is 0 Å². The van der Waals surface area contributed by atoms with Crippen LogP contribution >= 0.6 is 0 Å². The Bertz CT molecular complexity index is 727. The van der Waals surface area contributed by atoms with Crippen molar-refractivity contribution in [1.82, 2.24) is 4.90 Å². The van der Waals surface area contributed by atoms with Gasteiger partial charge < -0.3 is 10.0 Å². The van der Waals surface area contributed by atoms with Crippen LogP contribution in [0.3, 0.4) is 0 Å². The highest BCUT2D eigenvalue weighted by atomic mass is 16.4. The number of rotatable bonds is 4. The van der Waals surface area contributed by atoms with Crippen molar-refractivity contribution in [3.8, 4) is 0 Å². The lowest BCUT2D eigenvalue weighted by atomic mass is 9.94. The number of hydrogen-bond donors (Lipinski definition) is 1. The molecule has 4 nitrogen and oxygen atoms in total. The minimum Gasteiger partial charge on any atom is -0.478 e. The molecule has 1 aliphatic rings. The Morgan fingerprint density at radius 2 is 1.75 bits per heavy atom. The van der Waals surface area contributed by atoms with Gasteiger partial charge in [-0.3, -0.25) is 4.79 Å². The minimum atomic E-state index is -1.01. The van der Waals surface area contributed by atoms with Gasteiger partial charge in [0.25, 0.3) is 5.91 Å². The number of piperidine rings is 1. The molecule has 0 spiro atoms. The number of benzene rings is 2. The van der Waals surface area contributed by atoms with E-state index in [1.807, 2.05) is 23.1 Å². The molecular weight excluding hydrogens is 302 g/mol. The summed E-state index contributed by atoms with van der Waals surface area (Å²) >= 11 is 0. The lowest BCUT2D eigenvalue weighted by Gasteiger charge is -2.36. The average Bonchev–Trinajstić information content (AvgIpc) is 2.62. The second-order valence-electron chi connectivity index (χ2n) is 6.22. The Balaban J connectivity index is 1.81. The zero-order valence-electron chi connectivity index (χ0n) is 13.5. The molecule has 1 unspecified atom stereocenters. The molecule has 1 fully saturated rings. The van der Waals surface area contributed by atoms with Gasteiger partial charge >= 0.3 is 5.97 Å². The van der Waals surface area contributed by atoms with Gasteiger partial charge in [-0.1, -0.05) is 36.4 Å². The maximum Gasteiger partial charge on any atom is 0.335 e. The number of aromatic carboxylic acids is 1. The van der Waals surface area contributed by atoms with Gasteiger partial charge in [-0.05, 0) is 49.4 Å². The van der Waals surface area contributed by atoms with Crippen LogP contribution in [0.25, 0.3) is 0 Å². The number of carbonyl (C=O) groups excluding carboxylic acids is 1. The monoisotopic (exact) mass is 323 g/mol. The molecule has 1 atom stereocenters. The van der Waals surface area contributed by atoms with Crippen molar-refractivity contribution in [3.05, 3.63) is 71.3 Å². The van der Waals surface area contributed by atoms with E-state index in [1.54, 1.807) is 12.1 Å². The Morgan fingerprint density at radius 3 is 2.50 bits per heavy atom. The number of amides is 1. The molecule has 0 aromatic heterocycles. The van der Waals surface area contributed by atoms with Crippen LogP contribution in [0.5, 0.6) is 0 Å². The zero-order valence-corrected chi connectivity index (χ0v) is 13.5. The summed E-state index contributed by atoms with van der Waals surface area (Å²) in [6, 6.07) is 16.7. The number of likely N-dealkylation sites (tertiary alicyclic amines) is 1. The van der Waals surface area contributed by atoms with Gasteiger partial charge in [0, 0.05) is 18.2 Å². The van der Waals surface area contributed by atoms with Crippen LogP contribution in [0.2, 0.25) is 0 Å². The molecular formula is C20H21NO3. The van der Waals surface area contributed by atoms with Crippen LogP contribution in [0.4, 0.5) is 0 Å². The first-order valence-electron chi connectivity index (χ1n) is 8.33. The maximum absolute atomic E-state index is 12.9. The van der Waals surface area contributed by atoms with Crippen molar-refractivity contribution in [2.75, 3.05) is 6.54 Å². The van der Waals surface area contributed by atoms with E-state index in [1.165, 1.54) is 17.7 Å². The smallest absolute Gasteiger partial charge is 0.335 e. The molecule has 1 aliphatic heterocycles. The van der Waals surface area contributed by atoms with Crippen LogP contribution in [0.1, 0.15) is 45.5 Å². The lowest BCUT2D eigenvalue weighted by Crippen LogP contribution is -2.44. The fraction of sp³-hybridized carbons (Fsp3) is 0.300. The van der Waals surface area contributed by atoms with Gasteiger partial charge in [-0.15, -0.1) is 0 Å². The topological polar surface area (TPSA) is 57.6 Å². The Labute approximate surface area is 141 Å². The number of hydrogen-bond acceptors (Lipinski definition) is 2. The summed E-state index contributed by atoms with van der Waals surface area (Å²) in [5.74, 6) is -1.08. The van der Waals surface area contributed by atoms with E-state index in [0.717, 1.165) is 32.2 Å². The highest BCUT2D eigenvalue weighted by Gasteiger charge is 2.27. The molecule has 0 bridgehead atoms. The number of carboxylic acids is 1. The molecule has 1 N–H and O–H groups in total. The number of carbonyl (C=O) groups is 2. The number of carboxylic acid groups (broad SMARTS) is 1. The Morgan fingerprint density at radius 1 is 1.00 bits per heavy atom. The summed E-state index contributed by atoms with van der Waals surface area (Å²) in [5, 5.41) is 9.12. The van der Waals surface area contributed by atoms with Crippen molar-refractivity contribution < 1.29 is 14.7 Å². The standard InChI is InChI=1S/C20H21NO3/c22-19(16-9-6-10-17(14-16)20(23)24)21-12-5-4-11-18(21)13-15-7-2-1-3-8-15/h1-3,6-10,14,18H,4-5,11-13H2,(H,23,24). The van der Waals surface area contributed by atoms with Gasteiger partial charge in [0.1, 0.15) is 0 Å². The van der Waals surface area contributed by atoms with Crippen molar-refractivity contribution in [1.29, 1.82) is 0 Å². The predicted octanol–water partition coefficient (Wildman–Crippen LogP) is 3.62. The molecule has 3 rings (SSSR count). The Hall–Kier alpha value is -2.62. The van der Waals surface area contributed by atoms with Crippen LogP contribution < -0.4 is 0 Å². The van der Waals surface area contributed by atoms with Gasteiger partial charge in [0.05, 0.1) is 5.56 Å². The fourth-order valence-corrected chi connectivity index (χ4v) is 3.32. The first-order valence-corrected chi connectivity index (χ1v) is 8.33. The molecule has 0 radical (unpaired) electrons. The minimum absolute atomic E-state index is 0.0706. The number of nitrogens with zero attached hydrogens (tertiary/aromatic N) is 1. The first kappa shape index (κ1) is 16.2. The van der Waals surface area contributed by atoms with Crippen molar-refractivity contribution in [2.45, 2.75) is 31.7 Å². The molecule has 4 heteroatoms. The predicted molar refractivity (Wildman–Crippen MR) is 92.2 cm³/mol. The average molecular weight is 323 g/mol. The third-order valence-corrected chi connectivity index (χ3v) is 4.56. The summed E-state index contributed by atoms with van der Waals surface area (Å²) in [6.45, 7) is 0.730. The Kier molecular flexibility index (Phi) is 4.94. The molecule has 124 valence electrons. The quantitative estimate of drug-likeness (QED) is 0.935. The second kappa shape index (κ2) is 7.30. The van der Waals surface area contributed by atoms with Crippen molar-refractivity contribution >= 4 is 11.9 Å². The summed E-state index contributed by atoms with van der Waals surface area (Å²) in [5.41, 5.74) is 1.83. The molecule has 2 aromatic carbocycles. The van der Waals surface area contributed by atoms with Gasteiger partial charge in [0.2, 0.25) is 0 Å². The van der Waals surface area contributed by atoms with Crippen LogP contribution in [0.15, 0.2) is 54.6 Å². The summed E-state index contributed by atoms with van der Waals surface area (Å²) in [4.78, 5) is 26.0. The van der Waals surface area contributed by atoms with Gasteiger partial charge in [-0.25, -0.2) is 4.79 Å². The SMILES string of the molecule is O=C(O)c1cccc(C(=O)N2CCCCC2Cc2ccccc2)c1. The molecule has 1 saturated heterocycles. The molecule has 2 aromatic rings. The molecule has 1 amide bonds. The van der Waals surface area contributed by atoms with E-state index < -0.39 is 5.97 Å². The summed E-state index contributed by atoms with van der Waals surface area (Å²) < 4.78 is 0. The highest BCUT2D eigenvalue weighted by molar-refractivity contribution is 5.97. The normalized spacial score (nSPS) is 17.5. The van der Waals surface area contributed by atoms with E-state index in [0.29, 0.717) is 5.56 Å². The summed E-state index contributed by atoms with van der Waals surface area (Å²) in [7, 11) is 0. The third kappa shape index (κ3) is 3.65. The molecule has 24 heavy (non-hydrogen) atoms. The second-order valence-corrected chi connectivity index (χ2v) is 6.22. The first-order chi connectivity index (χ1) is 11.6. The van der Waals surface area contributed by atoms with E-state index in [-0.39, 0.29) is 17.5 Å². The van der Waals surface area contributed by atoms with Crippen molar-refractivity contribution in [3.63, 3.8) is 0 Å². The van der Waals surface area contributed by atoms with E-state index in [9.17, 15) is 9.59 Å². The van der Waals surface area contributed by atoms with Crippen molar-refractivity contribution in [2.24, 2.45) is 0 Å². The molecule has 1 heterocycles. The highest BCUT2D eigenvalue weighted by Crippen LogP contribution is 2.23. The lowest BCUT2D eigenvalue weighted by molar-refractivity contribution is 0.0613. The van der Waals surface area contributed by atoms with E-state index >= 15 is 0 Å². The molecule has 0 aliphatic carbocycles. The van der Waals surface area contributed by atoms with Crippen LogP contribution in [-0.4, -0.2) is 34.5 Å². The largest absolute Gasteiger partial charge is 0.478 e. The maximum atomic E-state index is 12.9. The van der Waals surface area contributed by atoms with E-state index in [2.05, 4.69) is 12.1 Å². The zero-order chi connectivity index (χ0) is 16.9. The molecule has 0 saturated carbocycles. The van der Waals surface area contributed by atoms with E-state index in [4.69, 9.17) is 5.11 Å².